The van der Waals surface area contributed by atoms with Gasteiger partial charge in [-0.05, 0) is 48.2 Å². The molecule has 0 radical (unpaired) electrons. The Balaban J connectivity index is 1.43. The number of nitrogens with one attached hydrogen (secondary N) is 2. The van der Waals surface area contributed by atoms with E-state index < -0.39 is 0 Å². The number of carbonyl (C=O) groups excluding carboxylic acids is 2. The third kappa shape index (κ3) is 3.57. The largest absolute Gasteiger partial charge is 0.324 e. The summed E-state index contributed by atoms with van der Waals surface area (Å²) in [4.78, 5) is 26.3. The predicted molar refractivity (Wildman–Crippen MR) is 102 cm³/mol. The highest BCUT2D eigenvalue weighted by Crippen LogP contribution is 2.28. The maximum absolute atomic E-state index is 14.7. The highest BCUT2D eigenvalue weighted by molar-refractivity contribution is 5.98. The zero-order valence-electron chi connectivity index (χ0n) is 15.1. The van der Waals surface area contributed by atoms with Crippen molar-refractivity contribution in [2.75, 3.05) is 23.3 Å². The first kappa shape index (κ1) is 17.7. The average molecular weight is 367 g/mol. The van der Waals surface area contributed by atoms with Crippen molar-refractivity contribution in [2.24, 2.45) is 0 Å². The number of amides is 2. The number of benzene rings is 2. The molecule has 0 atom stereocenters. The van der Waals surface area contributed by atoms with Crippen LogP contribution in [0.3, 0.4) is 0 Å². The number of aryl methyl sites for hydroxylation is 1. The van der Waals surface area contributed by atoms with Gasteiger partial charge in [-0.1, -0.05) is 24.3 Å². The summed E-state index contributed by atoms with van der Waals surface area (Å²) in [6, 6.07) is 11.2. The minimum absolute atomic E-state index is 0.0222. The smallest absolute Gasteiger partial charge is 0.227 e. The van der Waals surface area contributed by atoms with Crippen LogP contribution in [-0.2, 0) is 29.0 Å². The molecule has 2 aromatic carbocycles. The summed E-state index contributed by atoms with van der Waals surface area (Å²) in [6.45, 7) is 1.67. The van der Waals surface area contributed by atoms with Crippen LogP contribution in [0, 0.1) is 5.82 Å². The van der Waals surface area contributed by atoms with Crippen LogP contribution in [0.2, 0.25) is 0 Å². The van der Waals surface area contributed by atoms with Gasteiger partial charge in [-0.15, -0.1) is 0 Å². The molecule has 27 heavy (non-hydrogen) atoms. The van der Waals surface area contributed by atoms with Gasteiger partial charge in [0.05, 0.1) is 5.69 Å². The van der Waals surface area contributed by atoms with Crippen LogP contribution < -0.4 is 15.5 Å². The molecule has 140 valence electrons. The molecule has 2 heterocycles. The molecule has 2 N–H and O–H groups in total. The Kier molecular flexibility index (Phi) is 4.90. The highest BCUT2D eigenvalue weighted by Gasteiger charge is 2.24. The summed E-state index contributed by atoms with van der Waals surface area (Å²) in [5.74, 6) is -0.616. The van der Waals surface area contributed by atoms with Crippen molar-refractivity contribution in [3.8, 4) is 0 Å². The number of hydrogen-bond donors (Lipinski definition) is 2. The third-order valence-corrected chi connectivity index (χ3v) is 5.24. The van der Waals surface area contributed by atoms with E-state index >= 15 is 0 Å². The second kappa shape index (κ2) is 7.48. The summed E-state index contributed by atoms with van der Waals surface area (Å²) in [5.41, 5.74) is 3.81. The molecule has 4 rings (SSSR count). The predicted octanol–water partition coefficient (Wildman–Crippen LogP) is 2.78. The number of carbonyl (C=O) groups is 2. The molecule has 0 saturated carbocycles. The van der Waals surface area contributed by atoms with Crippen molar-refractivity contribution in [1.82, 2.24) is 5.32 Å². The third-order valence-electron chi connectivity index (χ3n) is 5.24. The normalized spacial score (nSPS) is 15.9. The van der Waals surface area contributed by atoms with Crippen molar-refractivity contribution in [1.29, 1.82) is 0 Å². The fourth-order valence-corrected chi connectivity index (χ4v) is 3.80. The Morgan fingerprint density at radius 2 is 1.96 bits per heavy atom. The molecule has 2 amide bonds. The number of para-hydroxylation sites is 1. The maximum atomic E-state index is 14.7. The summed E-state index contributed by atoms with van der Waals surface area (Å²) < 4.78 is 14.7. The zero-order chi connectivity index (χ0) is 18.8. The Hall–Kier alpha value is -2.73. The lowest BCUT2D eigenvalue weighted by Crippen LogP contribution is -2.37. The van der Waals surface area contributed by atoms with Gasteiger partial charge in [0.15, 0.2) is 0 Å². The van der Waals surface area contributed by atoms with E-state index in [0.29, 0.717) is 24.9 Å². The van der Waals surface area contributed by atoms with E-state index in [-0.39, 0.29) is 36.3 Å². The van der Waals surface area contributed by atoms with Crippen LogP contribution in [-0.4, -0.2) is 24.9 Å². The van der Waals surface area contributed by atoms with Crippen molar-refractivity contribution in [2.45, 2.75) is 32.2 Å². The summed E-state index contributed by atoms with van der Waals surface area (Å²) in [7, 11) is 0. The van der Waals surface area contributed by atoms with Crippen LogP contribution in [0.5, 0.6) is 0 Å². The molecule has 0 unspecified atom stereocenters. The van der Waals surface area contributed by atoms with Gasteiger partial charge in [0.2, 0.25) is 11.8 Å². The minimum atomic E-state index is -0.346. The lowest BCUT2D eigenvalue weighted by Gasteiger charge is -2.29. The van der Waals surface area contributed by atoms with Crippen molar-refractivity contribution in [3.63, 3.8) is 0 Å². The van der Waals surface area contributed by atoms with E-state index in [2.05, 4.69) is 10.6 Å². The number of anilines is 2. The van der Waals surface area contributed by atoms with Crippen LogP contribution in [0.15, 0.2) is 36.4 Å². The quantitative estimate of drug-likeness (QED) is 0.874. The van der Waals surface area contributed by atoms with Gasteiger partial charge in [0.1, 0.15) is 5.82 Å². The van der Waals surface area contributed by atoms with E-state index in [0.717, 1.165) is 29.8 Å². The van der Waals surface area contributed by atoms with Crippen molar-refractivity contribution >= 4 is 23.2 Å². The minimum Gasteiger partial charge on any atom is -0.324 e. The van der Waals surface area contributed by atoms with E-state index in [1.165, 1.54) is 0 Å². The standard InChI is InChI=1S/C21H22FN3O2/c22-21-16-9-11-23-13-15(16)5-7-17(21)24-19(26)10-12-25-18-4-2-1-3-14(18)6-8-20(25)27/h1-5,7,23H,6,8-13H2,(H,24,26). The molecule has 5 nitrogen and oxygen atoms in total. The molecular formula is C21H22FN3O2. The molecule has 2 aliphatic heterocycles. The summed E-state index contributed by atoms with van der Waals surface area (Å²) >= 11 is 0. The first-order chi connectivity index (χ1) is 13.1. The molecule has 2 aliphatic rings. The average Bonchev–Trinajstić information content (AvgIpc) is 2.69. The zero-order valence-corrected chi connectivity index (χ0v) is 15.1. The molecule has 6 heteroatoms. The highest BCUT2D eigenvalue weighted by atomic mass is 19.1. The number of rotatable bonds is 4. The summed E-state index contributed by atoms with van der Waals surface area (Å²) in [6.07, 6.45) is 1.92. The van der Waals surface area contributed by atoms with Crippen LogP contribution in [0.1, 0.15) is 29.5 Å². The molecule has 0 fully saturated rings. The lowest BCUT2D eigenvalue weighted by atomic mass is 9.99. The van der Waals surface area contributed by atoms with Gasteiger partial charge < -0.3 is 15.5 Å². The second-order valence-electron chi connectivity index (χ2n) is 6.96. The Morgan fingerprint density at radius 1 is 1.11 bits per heavy atom. The molecule has 0 aliphatic carbocycles. The van der Waals surface area contributed by atoms with Crippen LogP contribution in [0.4, 0.5) is 15.8 Å². The first-order valence-corrected chi connectivity index (χ1v) is 9.32. The maximum Gasteiger partial charge on any atom is 0.227 e. The fraction of sp³-hybridized carbons (Fsp3) is 0.333. The molecule has 2 aromatic rings. The lowest BCUT2D eigenvalue weighted by molar-refractivity contribution is -0.119. The van der Waals surface area contributed by atoms with Crippen molar-refractivity contribution in [3.05, 3.63) is 58.9 Å². The van der Waals surface area contributed by atoms with Crippen LogP contribution >= 0.6 is 0 Å². The van der Waals surface area contributed by atoms with Gasteiger partial charge in [-0.25, -0.2) is 4.39 Å². The summed E-state index contributed by atoms with van der Waals surface area (Å²) in [5, 5.41) is 5.87. The number of nitrogens with zero attached hydrogens (tertiary/aromatic N) is 1. The Bertz CT molecular complexity index is 897. The van der Waals surface area contributed by atoms with E-state index in [1.807, 2.05) is 30.3 Å². The molecule has 0 spiro atoms. The Morgan fingerprint density at radius 3 is 2.85 bits per heavy atom. The van der Waals surface area contributed by atoms with Gasteiger partial charge in [-0.2, -0.15) is 0 Å². The van der Waals surface area contributed by atoms with Gasteiger partial charge in [-0.3, -0.25) is 9.59 Å². The molecule has 0 saturated heterocycles. The number of hydrogen-bond acceptors (Lipinski definition) is 3. The van der Waals surface area contributed by atoms with Gasteiger partial charge >= 0.3 is 0 Å². The van der Waals surface area contributed by atoms with E-state index in [9.17, 15) is 14.0 Å². The monoisotopic (exact) mass is 367 g/mol. The van der Waals surface area contributed by atoms with E-state index in [4.69, 9.17) is 0 Å². The van der Waals surface area contributed by atoms with Crippen molar-refractivity contribution < 1.29 is 14.0 Å². The Labute approximate surface area is 157 Å². The molecule has 0 aromatic heterocycles. The number of halogens is 1. The van der Waals surface area contributed by atoms with E-state index in [1.54, 1.807) is 11.0 Å². The fourth-order valence-electron chi connectivity index (χ4n) is 3.80. The topological polar surface area (TPSA) is 61.4 Å². The van der Waals surface area contributed by atoms with Gasteiger partial charge in [0, 0.05) is 31.6 Å². The van der Waals surface area contributed by atoms with Gasteiger partial charge in [0.25, 0.3) is 0 Å². The second-order valence-corrected chi connectivity index (χ2v) is 6.96. The molecule has 0 bridgehead atoms. The number of fused-ring (bicyclic) bond motifs is 2. The van der Waals surface area contributed by atoms with Crippen LogP contribution in [0.25, 0.3) is 0 Å². The molecular weight excluding hydrogens is 345 g/mol. The first-order valence-electron chi connectivity index (χ1n) is 9.32. The SMILES string of the molecule is O=C(CCN1C(=O)CCc2ccccc21)Nc1ccc2c(c1F)CCNC2.